The number of rotatable bonds is 7. The van der Waals surface area contributed by atoms with Gasteiger partial charge in [0.15, 0.2) is 23.2 Å². The summed E-state index contributed by atoms with van der Waals surface area (Å²) in [5.74, 6) is 3.12. The molecule has 0 bridgehead atoms. The van der Waals surface area contributed by atoms with E-state index in [9.17, 15) is 0 Å². The summed E-state index contributed by atoms with van der Waals surface area (Å²) in [6.07, 6.45) is 5.88. The summed E-state index contributed by atoms with van der Waals surface area (Å²) in [5, 5.41) is 13.2. The first-order chi connectivity index (χ1) is 18.1. The number of aromatic amines is 2. The summed E-state index contributed by atoms with van der Waals surface area (Å²) in [7, 11) is 1.59. The lowest BCUT2D eigenvalue weighted by molar-refractivity contribution is 0.185. The monoisotopic (exact) mass is 534 g/mol. The molecule has 0 unspecified atom stereocenters. The molecule has 0 radical (unpaired) electrons. The minimum atomic E-state index is 0.514. The number of anilines is 2. The molecule has 1 aliphatic rings. The normalized spacial score (nSPS) is 14.9. The Kier molecular flexibility index (Phi) is 6.54. The molecule has 5 heterocycles. The molecular weight excluding hydrogens is 508 g/mol. The molecule has 4 aromatic heterocycles. The number of methoxy groups -OCH3 is 1. The fourth-order valence-electron chi connectivity index (χ4n) is 4.60. The number of nitrogens with zero attached hydrogens (tertiary/aromatic N) is 5. The smallest absolute Gasteiger partial charge is 0.179 e. The lowest BCUT2D eigenvalue weighted by atomic mass is 9.99. The SMILES string of the molecule is COc1cnc(-c2cc(Cl)cs2)nc1Nc1cn[nH]c1-c1nc2ccc(CN3CCC(C)CC3)cc2[nH]1. The number of piperidine rings is 1. The number of H-pyrrole nitrogens is 2. The van der Waals surface area contributed by atoms with E-state index in [-0.39, 0.29) is 0 Å². The van der Waals surface area contributed by atoms with Crippen molar-refractivity contribution < 1.29 is 4.74 Å². The van der Waals surface area contributed by atoms with Crippen molar-refractivity contribution in [3.8, 4) is 28.0 Å². The number of thiophene rings is 1. The van der Waals surface area contributed by atoms with Crippen LogP contribution in [0, 0.1) is 5.92 Å². The Balaban J connectivity index is 1.26. The Labute approximate surface area is 223 Å². The summed E-state index contributed by atoms with van der Waals surface area (Å²) in [6, 6.07) is 8.28. The van der Waals surface area contributed by atoms with Crippen LogP contribution in [0.5, 0.6) is 5.75 Å². The topological polar surface area (TPSA) is 108 Å². The molecule has 5 aromatic rings. The number of likely N-dealkylation sites (tertiary alicyclic amines) is 1. The molecule has 0 atom stereocenters. The van der Waals surface area contributed by atoms with Crippen LogP contribution in [0.4, 0.5) is 11.5 Å². The molecular formula is C26H27ClN8OS. The van der Waals surface area contributed by atoms with Gasteiger partial charge in [-0.05, 0) is 55.6 Å². The van der Waals surface area contributed by atoms with Crippen molar-refractivity contribution in [2.24, 2.45) is 5.92 Å². The van der Waals surface area contributed by atoms with Crippen molar-refractivity contribution in [1.82, 2.24) is 35.0 Å². The summed E-state index contributed by atoms with van der Waals surface area (Å²) in [5.41, 5.74) is 4.63. The van der Waals surface area contributed by atoms with Crippen LogP contribution >= 0.6 is 22.9 Å². The van der Waals surface area contributed by atoms with Crippen LogP contribution < -0.4 is 10.1 Å². The summed E-state index contributed by atoms with van der Waals surface area (Å²) >= 11 is 7.58. The van der Waals surface area contributed by atoms with E-state index in [0.717, 1.165) is 47.2 Å². The number of benzene rings is 1. The quantitative estimate of drug-likeness (QED) is 0.231. The van der Waals surface area contributed by atoms with E-state index in [4.69, 9.17) is 21.3 Å². The highest BCUT2D eigenvalue weighted by Gasteiger charge is 2.18. The number of halogens is 1. The molecule has 0 spiro atoms. The minimum absolute atomic E-state index is 0.514. The third kappa shape index (κ3) is 5.04. The van der Waals surface area contributed by atoms with Crippen molar-refractivity contribution >= 4 is 45.5 Å². The fourth-order valence-corrected chi connectivity index (χ4v) is 5.61. The number of nitrogens with one attached hydrogen (secondary N) is 3. The molecule has 1 fully saturated rings. The van der Waals surface area contributed by atoms with E-state index in [0.29, 0.717) is 33.9 Å². The van der Waals surface area contributed by atoms with Crippen LogP contribution in [0.3, 0.4) is 0 Å². The van der Waals surface area contributed by atoms with E-state index in [1.165, 1.54) is 29.7 Å². The van der Waals surface area contributed by atoms with E-state index < -0.39 is 0 Å². The van der Waals surface area contributed by atoms with Crippen molar-refractivity contribution in [3.63, 3.8) is 0 Å². The van der Waals surface area contributed by atoms with E-state index in [1.54, 1.807) is 19.5 Å². The van der Waals surface area contributed by atoms with Crippen molar-refractivity contribution in [3.05, 3.63) is 52.6 Å². The average Bonchev–Trinajstić information content (AvgIpc) is 3.65. The van der Waals surface area contributed by atoms with Gasteiger partial charge < -0.3 is 15.0 Å². The second-order valence-corrected chi connectivity index (χ2v) is 10.8. The number of ether oxygens (including phenoxy) is 1. The molecule has 0 saturated carbocycles. The third-order valence-corrected chi connectivity index (χ3v) is 7.99. The molecule has 0 amide bonds. The third-order valence-electron chi connectivity index (χ3n) is 6.72. The predicted molar refractivity (Wildman–Crippen MR) is 148 cm³/mol. The molecule has 0 aliphatic carbocycles. The minimum Gasteiger partial charge on any atom is -0.491 e. The van der Waals surface area contributed by atoms with Gasteiger partial charge in [-0.1, -0.05) is 24.6 Å². The summed E-state index contributed by atoms with van der Waals surface area (Å²) < 4.78 is 5.50. The van der Waals surface area contributed by atoms with Crippen molar-refractivity contribution in [2.75, 3.05) is 25.5 Å². The standard InChI is InChI=1S/C26H27ClN8OS/c1-15-5-7-35(8-6-15)13-16-3-4-18-19(9-16)31-26(30-18)23-20(11-29-34-23)32-24-21(36-2)12-28-25(33-24)22-10-17(27)14-37-22/h3-4,9-12,14-15H,5-8,13H2,1-2H3,(H,29,34)(H,30,31)(H,28,32,33). The van der Waals surface area contributed by atoms with E-state index in [1.807, 2.05) is 11.4 Å². The Morgan fingerprint density at radius 3 is 2.84 bits per heavy atom. The number of hydrogen-bond acceptors (Lipinski definition) is 8. The lowest BCUT2D eigenvalue weighted by Gasteiger charge is -2.30. The lowest BCUT2D eigenvalue weighted by Crippen LogP contribution is -2.32. The second kappa shape index (κ2) is 10.1. The summed E-state index contributed by atoms with van der Waals surface area (Å²) in [6.45, 7) is 5.61. The van der Waals surface area contributed by atoms with Crippen molar-refractivity contribution in [1.29, 1.82) is 0 Å². The van der Waals surface area contributed by atoms with Gasteiger partial charge in [0.1, 0.15) is 5.69 Å². The molecule has 9 nitrogen and oxygen atoms in total. The highest BCUT2D eigenvalue weighted by Crippen LogP contribution is 2.34. The van der Waals surface area contributed by atoms with E-state index in [2.05, 4.69) is 60.5 Å². The summed E-state index contributed by atoms with van der Waals surface area (Å²) in [4.78, 5) is 20.8. The zero-order valence-corrected chi connectivity index (χ0v) is 22.2. The molecule has 6 rings (SSSR count). The van der Waals surface area contributed by atoms with Crippen LogP contribution in [-0.2, 0) is 6.54 Å². The first-order valence-corrected chi connectivity index (χ1v) is 13.5. The number of imidazole rings is 1. The zero-order chi connectivity index (χ0) is 25.4. The first kappa shape index (κ1) is 23.9. The Morgan fingerprint density at radius 2 is 2.05 bits per heavy atom. The molecule has 1 saturated heterocycles. The molecule has 11 heteroatoms. The number of hydrogen-bond donors (Lipinski definition) is 3. The van der Waals surface area contributed by atoms with Gasteiger partial charge in [-0.3, -0.25) is 10.00 Å². The highest BCUT2D eigenvalue weighted by molar-refractivity contribution is 7.14. The maximum absolute atomic E-state index is 6.10. The molecule has 3 N–H and O–H groups in total. The van der Waals surface area contributed by atoms with Gasteiger partial charge in [0.05, 0.1) is 46.1 Å². The average molecular weight is 535 g/mol. The molecule has 1 aliphatic heterocycles. The van der Waals surface area contributed by atoms with Gasteiger partial charge in [0.25, 0.3) is 0 Å². The van der Waals surface area contributed by atoms with Gasteiger partial charge in [-0.15, -0.1) is 11.3 Å². The maximum Gasteiger partial charge on any atom is 0.179 e. The van der Waals surface area contributed by atoms with Crippen LogP contribution in [0.1, 0.15) is 25.3 Å². The van der Waals surface area contributed by atoms with Crippen LogP contribution in [0.15, 0.2) is 42.0 Å². The van der Waals surface area contributed by atoms with Crippen LogP contribution in [0.2, 0.25) is 5.02 Å². The Hall–Kier alpha value is -3.47. The van der Waals surface area contributed by atoms with Gasteiger partial charge in [-0.25, -0.2) is 15.0 Å². The van der Waals surface area contributed by atoms with Crippen molar-refractivity contribution in [2.45, 2.75) is 26.3 Å². The molecule has 1 aromatic carbocycles. The van der Waals surface area contributed by atoms with Gasteiger partial charge in [0.2, 0.25) is 0 Å². The molecule has 190 valence electrons. The zero-order valence-electron chi connectivity index (χ0n) is 20.6. The largest absolute Gasteiger partial charge is 0.491 e. The Bertz CT molecular complexity index is 1530. The van der Waals surface area contributed by atoms with Gasteiger partial charge >= 0.3 is 0 Å². The maximum atomic E-state index is 6.10. The second-order valence-electron chi connectivity index (χ2n) is 9.42. The number of fused-ring (bicyclic) bond motifs is 1. The first-order valence-electron chi connectivity index (χ1n) is 12.2. The fraction of sp³-hybridized carbons (Fsp3) is 0.308. The number of aromatic nitrogens is 6. The van der Waals surface area contributed by atoms with E-state index >= 15 is 0 Å². The van der Waals surface area contributed by atoms with Crippen LogP contribution in [0.25, 0.3) is 33.3 Å². The van der Waals surface area contributed by atoms with Gasteiger partial charge in [-0.2, -0.15) is 5.10 Å². The molecule has 37 heavy (non-hydrogen) atoms. The van der Waals surface area contributed by atoms with Gasteiger partial charge in [0, 0.05) is 11.9 Å². The predicted octanol–water partition coefficient (Wildman–Crippen LogP) is 6.11. The highest BCUT2D eigenvalue weighted by atomic mass is 35.5. The Morgan fingerprint density at radius 1 is 1.19 bits per heavy atom. The van der Waals surface area contributed by atoms with Crippen LogP contribution in [-0.4, -0.2) is 55.2 Å².